The van der Waals surface area contributed by atoms with Crippen LogP contribution < -0.4 is 0 Å². The van der Waals surface area contributed by atoms with Crippen molar-refractivity contribution in [3.8, 4) is 0 Å². The molecule has 1 aromatic heterocycles. The summed E-state index contributed by atoms with van der Waals surface area (Å²) in [5.41, 5.74) is 0.538. The van der Waals surface area contributed by atoms with Gasteiger partial charge < -0.3 is 14.0 Å². The molecule has 2 aromatic carbocycles. The monoisotopic (exact) mass is 393 g/mol. The van der Waals surface area contributed by atoms with Gasteiger partial charge in [0.05, 0.1) is 11.7 Å². The summed E-state index contributed by atoms with van der Waals surface area (Å²) in [6, 6.07) is 19.1. The van der Waals surface area contributed by atoms with E-state index in [4.69, 9.17) is 21.7 Å². The molecule has 0 N–H and O–H groups in total. The van der Waals surface area contributed by atoms with Crippen molar-refractivity contribution < 1.29 is 14.3 Å². The highest BCUT2D eigenvalue weighted by Crippen LogP contribution is 2.38. The average Bonchev–Trinajstić information content (AvgIpc) is 3.04. The van der Waals surface area contributed by atoms with Gasteiger partial charge in [-0.15, -0.1) is 0 Å². The Morgan fingerprint density at radius 2 is 1.82 bits per heavy atom. The molecular weight excluding hydrogens is 370 g/mol. The van der Waals surface area contributed by atoms with E-state index in [1.807, 2.05) is 59.3 Å². The van der Waals surface area contributed by atoms with E-state index in [1.165, 1.54) is 0 Å². The zero-order chi connectivity index (χ0) is 19.7. The van der Waals surface area contributed by atoms with Gasteiger partial charge >= 0.3 is 5.97 Å². The Balaban J connectivity index is 1.71. The Labute approximate surface area is 169 Å². The van der Waals surface area contributed by atoms with Crippen LogP contribution in [0.4, 0.5) is 0 Å². The van der Waals surface area contributed by atoms with Gasteiger partial charge in [-0.05, 0) is 30.0 Å². The van der Waals surface area contributed by atoms with Crippen molar-refractivity contribution in [2.75, 3.05) is 0 Å². The Hall–Kier alpha value is -2.50. The Morgan fingerprint density at radius 3 is 2.57 bits per heavy atom. The summed E-state index contributed by atoms with van der Waals surface area (Å²) >= 11 is 5.75. The first-order chi connectivity index (χ1) is 13.6. The van der Waals surface area contributed by atoms with E-state index < -0.39 is 12.3 Å². The number of hydrogen-bond donors (Lipinski definition) is 0. The fourth-order valence-corrected chi connectivity index (χ4v) is 4.23. The number of carbonyl (C=O) groups excluding carboxylic acids is 1. The van der Waals surface area contributed by atoms with Crippen LogP contribution in [0.3, 0.4) is 0 Å². The van der Waals surface area contributed by atoms with E-state index in [9.17, 15) is 4.79 Å². The number of fused-ring (bicyclic) bond motifs is 1. The van der Waals surface area contributed by atoms with E-state index in [-0.39, 0.29) is 18.0 Å². The number of ether oxygens (including phenoxy) is 2. The third-order valence-electron chi connectivity index (χ3n) is 5.47. The Kier molecular flexibility index (Phi) is 5.29. The molecule has 28 heavy (non-hydrogen) atoms. The van der Waals surface area contributed by atoms with Crippen LogP contribution in [0.15, 0.2) is 66.9 Å². The van der Waals surface area contributed by atoms with Gasteiger partial charge in [-0.3, -0.25) is 0 Å². The largest absolute Gasteiger partial charge is 0.454 e. The molecule has 2 heterocycles. The Morgan fingerprint density at radius 1 is 1.11 bits per heavy atom. The van der Waals surface area contributed by atoms with Gasteiger partial charge in [-0.25, -0.2) is 4.79 Å². The van der Waals surface area contributed by atoms with Crippen LogP contribution in [-0.4, -0.2) is 22.7 Å². The first kappa shape index (κ1) is 18.8. The molecule has 5 heteroatoms. The van der Waals surface area contributed by atoms with E-state index in [0.717, 1.165) is 17.2 Å². The molecule has 0 bridgehead atoms. The van der Waals surface area contributed by atoms with Gasteiger partial charge in [0.15, 0.2) is 12.3 Å². The molecule has 0 spiro atoms. The topological polar surface area (TPSA) is 40.5 Å². The van der Waals surface area contributed by atoms with Crippen LogP contribution in [-0.2, 0) is 9.47 Å². The number of hydrogen-bond acceptors (Lipinski definition) is 4. The molecule has 0 aliphatic carbocycles. The highest BCUT2D eigenvalue weighted by Gasteiger charge is 2.44. The molecule has 1 saturated heterocycles. The molecule has 4 rings (SSSR count). The highest BCUT2D eigenvalue weighted by molar-refractivity contribution is 7.71. The molecule has 4 atom stereocenters. The molecule has 144 valence electrons. The van der Waals surface area contributed by atoms with Gasteiger partial charge in [0.2, 0.25) is 0 Å². The minimum absolute atomic E-state index is 0.00643. The summed E-state index contributed by atoms with van der Waals surface area (Å²) in [5, 5.41) is 2.07. The van der Waals surface area contributed by atoms with Crippen molar-refractivity contribution >= 4 is 29.0 Å². The van der Waals surface area contributed by atoms with Crippen molar-refractivity contribution in [3.05, 3.63) is 77.1 Å². The van der Waals surface area contributed by atoms with E-state index in [1.54, 1.807) is 12.1 Å². The van der Waals surface area contributed by atoms with Gasteiger partial charge in [-0.2, -0.15) is 0 Å². The van der Waals surface area contributed by atoms with Gasteiger partial charge in [-0.1, -0.05) is 68.5 Å². The van der Waals surface area contributed by atoms with Crippen LogP contribution >= 0.6 is 12.2 Å². The quantitative estimate of drug-likeness (QED) is 0.431. The van der Waals surface area contributed by atoms with E-state index in [0.29, 0.717) is 10.2 Å². The minimum Gasteiger partial charge on any atom is -0.454 e. The van der Waals surface area contributed by atoms with Crippen molar-refractivity contribution in [3.63, 3.8) is 0 Å². The third kappa shape index (κ3) is 3.36. The molecule has 3 aromatic rings. The second-order valence-electron chi connectivity index (χ2n) is 7.18. The number of pyridine rings is 1. The van der Waals surface area contributed by atoms with Crippen molar-refractivity contribution in [1.29, 1.82) is 0 Å². The summed E-state index contributed by atoms with van der Waals surface area (Å²) in [4.78, 5) is 12.7. The van der Waals surface area contributed by atoms with Crippen LogP contribution in [0.1, 0.15) is 36.9 Å². The van der Waals surface area contributed by atoms with Crippen LogP contribution in [0.5, 0.6) is 0 Å². The fourth-order valence-electron chi connectivity index (χ4n) is 3.88. The average molecular weight is 394 g/mol. The summed E-state index contributed by atoms with van der Waals surface area (Å²) in [5.74, 6) is -0.272. The molecule has 0 amide bonds. The maximum atomic E-state index is 12.7. The minimum atomic E-state index is -0.440. The van der Waals surface area contributed by atoms with E-state index in [2.05, 4.69) is 13.8 Å². The van der Waals surface area contributed by atoms with Crippen LogP contribution in [0.2, 0.25) is 0 Å². The lowest BCUT2D eigenvalue weighted by Gasteiger charge is -2.24. The van der Waals surface area contributed by atoms with Crippen molar-refractivity contribution in [2.24, 2.45) is 5.92 Å². The molecule has 0 radical (unpaired) electrons. The number of benzene rings is 2. The molecular formula is C23H23NO3S. The molecule has 4 nitrogen and oxygen atoms in total. The smallest absolute Gasteiger partial charge is 0.338 e. The van der Waals surface area contributed by atoms with Gasteiger partial charge in [0, 0.05) is 17.5 Å². The second kappa shape index (κ2) is 7.86. The zero-order valence-corrected chi connectivity index (χ0v) is 16.8. The Bertz CT molecular complexity index is 1050. The maximum absolute atomic E-state index is 12.7. The number of nitrogens with zero attached hydrogens (tertiary/aromatic N) is 1. The van der Waals surface area contributed by atoms with E-state index >= 15 is 0 Å². The first-order valence-electron chi connectivity index (χ1n) is 9.61. The first-order valence-corrected chi connectivity index (χ1v) is 10.0. The molecule has 1 aliphatic rings. The lowest BCUT2D eigenvalue weighted by Crippen LogP contribution is -2.30. The predicted octanol–water partition coefficient (Wildman–Crippen LogP) is 5.54. The second-order valence-corrected chi connectivity index (χ2v) is 7.57. The van der Waals surface area contributed by atoms with Gasteiger partial charge in [0.25, 0.3) is 0 Å². The van der Waals surface area contributed by atoms with Gasteiger partial charge in [0.1, 0.15) is 4.64 Å². The summed E-state index contributed by atoms with van der Waals surface area (Å²) in [6.07, 6.45) is 1.93. The molecule has 1 unspecified atom stereocenters. The van der Waals surface area contributed by atoms with Crippen LogP contribution in [0, 0.1) is 10.6 Å². The summed E-state index contributed by atoms with van der Waals surface area (Å²) < 4.78 is 14.9. The number of carbonyl (C=O) groups is 1. The fraction of sp³-hybridized carbons (Fsp3) is 0.304. The van der Waals surface area contributed by atoms with Crippen molar-refractivity contribution in [1.82, 2.24) is 4.57 Å². The SMILES string of the molecule is CC[C@H]1O[C@@H](n2ccc3ccccc3c2=S)C(OC(=O)c2ccccc2)[C@H]1C. The molecule has 0 saturated carbocycles. The zero-order valence-electron chi connectivity index (χ0n) is 15.9. The summed E-state index contributed by atoms with van der Waals surface area (Å²) in [6.45, 7) is 4.15. The lowest BCUT2D eigenvalue weighted by molar-refractivity contribution is -0.0493. The maximum Gasteiger partial charge on any atom is 0.338 e. The predicted molar refractivity (Wildman–Crippen MR) is 112 cm³/mol. The number of aromatic nitrogens is 1. The number of esters is 1. The summed E-state index contributed by atoms with van der Waals surface area (Å²) in [7, 11) is 0. The standard InChI is InChI=1S/C23H23NO3S/c1-3-19-15(2)20(27-23(25)17-10-5-4-6-11-17)21(26-19)24-14-13-16-9-7-8-12-18(16)22(24)28/h4-15,19-21H,3H2,1-2H3/t15-,19+,20?,21+/m0/s1. The normalized spacial score (nSPS) is 24.4. The highest BCUT2D eigenvalue weighted by atomic mass is 32.1. The molecule has 1 fully saturated rings. The van der Waals surface area contributed by atoms with Crippen molar-refractivity contribution in [2.45, 2.75) is 38.7 Å². The number of rotatable bonds is 4. The lowest BCUT2D eigenvalue weighted by atomic mass is 9.98. The van der Waals surface area contributed by atoms with Crippen LogP contribution in [0.25, 0.3) is 10.8 Å². The molecule has 1 aliphatic heterocycles. The third-order valence-corrected chi connectivity index (χ3v) is 5.90.